The first-order chi connectivity index (χ1) is 5.88. The maximum Gasteiger partial charge on any atom is 0.129 e. The Balaban J connectivity index is 2.73. The predicted octanol–water partition coefficient (Wildman–Crippen LogP) is 3.32. The summed E-state index contributed by atoms with van der Waals surface area (Å²) in [6, 6.07) is 0. The lowest BCUT2D eigenvalue weighted by atomic mass is 9.82. The van der Waals surface area contributed by atoms with Crippen LogP contribution in [-0.4, -0.2) is 13.4 Å². The molecule has 0 aromatic rings. The van der Waals surface area contributed by atoms with Crippen molar-refractivity contribution in [1.82, 2.24) is 0 Å². The maximum atomic E-state index is 5.78. The van der Waals surface area contributed by atoms with Gasteiger partial charge in [-0.15, -0.1) is 0 Å². The fourth-order valence-corrected chi connectivity index (χ4v) is 1.49. The molecule has 0 fully saturated rings. The highest BCUT2D eigenvalue weighted by atomic mass is 79.9. The number of rotatable bonds is 1. The van der Waals surface area contributed by atoms with Gasteiger partial charge in [-0.2, -0.15) is 0 Å². The summed E-state index contributed by atoms with van der Waals surface area (Å²) in [7, 11) is 5.78. The molecule has 0 aromatic carbocycles. The minimum atomic E-state index is -0.171. The fourth-order valence-electron chi connectivity index (χ4n) is 1.09. The van der Waals surface area contributed by atoms with Gasteiger partial charge in [0.05, 0.1) is 12.3 Å². The van der Waals surface area contributed by atoms with E-state index in [1.807, 2.05) is 32.9 Å². The zero-order valence-corrected chi connectivity index (χ0v) is 9.89. The van der Waals surface area contributed by atoms with E-state index in [0.29, 0.717) is 0 Å². The van der Waals surface area contributed by atoms with Crippen molar-refractivity contribution >= 4 is 23.8 Å². The highest BCUT2D eigenvalue weighted by Gasteiger charge is 2.18. The number of halogens is 1. The molecular weight excluding hydrogens is 227 g/mol. The van der Waals surface area contributed by atoms with Crippen LogP contribution in [0.15, 0.2) is 22.4 Å². The molecule has 0 bridgehead atoms. The van der Waals surface area contributed by atoms with Crippen molar-refractivity contribution in [3.63, 3.8) is 0 Å². The van der Waals surface area contributed by atoms with E-state index in [1.54, 1.807) is 0 Å². The van der Waals surface area contributed by atoms with E-state index in [-0.39, 0.29) is 11.4 Å². The first kappa shape index (κ1) is 10.9. The van der Waals surface area contributed by atoms with Crippen LogP contribution in [0.2, 0.25) is 5.82 Å². The highest BCUT2D eigenvalue weighted by Crippen LogP contribution is 2.31. The molecule has 1 unspecified atom stereocenters. The van der Waals surface area contributed by atoms with Gasteiger partial charge in [0, 0.05) is 0 Å². The third-order valence-electron chi connectivity index (χ3n) is 1.59. The Labute approximate surface area is 89.8 Å². The highest BCUT2D eigenvalue weighted by molar-refractivity contribution is 9.11. The van der Waals surface area contributed by atoms with Crippen LogP contribution < -0.4 is 0 Å². The molecule has 0 aromatic heterocycles. The monoisotopic (exact) mass is 240 g/mol. The summed E-state index contributed by atoms with van der Waals surface area (Å²) in [5.74, 6) is 0.935. The van der Waals surface area contributed by atoms with E-state index in [4.69, 9.17) is 12.6 Å². The number of hydrogen-bond acceptors (Lipinski definition) is 1. The fraction of sp³-hybridized carbons (Fsp3) is 0.600. The molecule has 0 saturated heterocycles. The van der Waals surface area contributed by atoms with Crippen molar-refractivity contribution in [3.8, 4) is 0 Å². The second-order valence-electron chi connectivity index (χ2n) is 4.20. The quantitative estimate of drug-likeness (QED) is 0.639. The molecule has 0 amide bonds. The molecule has 1 atom stereocenters. The van der Waals surface area contributed by atoms with Gasteiger partial charge in [0.2, 0.25) is 0 Å². The molecule has 3 heteroatoms. The number of hydrogen-bond donors (Lipinski definition) is 0. The lowest BCUT2D eigenvalue weighted by Gasteiger charge is -2.26. The summed E-state index contributed by atoms with van der Waals surface area (Å²) >= 11 is 3.45. The van der Waals surface area contributed by atoms with Crippen LogP contribution in [0, 0.1) is 0 Å². The minimum Gasteiger partial charge on any atom is -0.487 e. The van der Waals surface area contributed by atoms with Crippen LogP contribution >= 0.6 is 15.9 Å². The largest absolute Gasteiger partial charge is 0.487 e. The predicted molar refractivity (Wildman–Crippen MR) is 60.1 cm³/mol. The van der Waals surface area contributed by atoms with E-state index in [0.717, 1.165) is 16.7 Å². The van der Waals surface area contributed by atoms with Crippen LogP contribution in [0.3, 0.4) is 0 Å². The normalized spacial score (nSPS) is 23.5. The summed E-state index contributed by atoms with van der Waals surface area (Å²) in [5.41, 5.74) is -0.171. The Morgan fingerprint density at radius 2 is 2.15 bits per heavy atom. The van der Waals surface area contributed by atoms with Crippen molar-refractivity contribution in [2.75, 3.05) is 0 Å². The van der Waals surface area contributed by atoms with Gasteiger partial charge >= 0.3 is 0 Å². The summed E-state index contributed by atoms with van der Waals surface area (Å²) in [5, 5.41) is 0. The van der Waals surface area contributed by atoms with Gasteiger partial charge in [-0.3, -0.25) is 0 Å². The Bertz CT molecular complexity index is 250. The molecule has 0 heterocycles. The van der Waals surface area contributed by atoms with E-state index in [2.05, 4.69) is 15.9 Å². The smallest absolute Gasteiger partial charge is 0.129 e. The van der Waals surface area contributed by atoms with E-state index >= 15 is 0 Å². The van der Waals surface area contributed by atoms with Gasteiger partial charge in [-0.25, -0.2) is 0 Å². The van der Waals surface area contributed by atoms with Gasteiger partial charge in [0.15, 0.2) is 0 Å². The zero-order chi connectivity index (χ0) is 10.1. The van der Waals surface area contributed by atoms with Gasteiger partial charge in [-0.1, -0.05) is 11.9 Å². The Kier molecular flexibility index (Phi) is 3.28. The first-order valence-electron chi connectivity index (χ1n) is 4.41. The van der Waals surface area contributed by atoms with E-state index < -0.39 is 0 Å². The topological polar surface area (TPSA) is 9.23 Å². The van der Waals surface area contributed by atoms with E-state index in [9.17, 15) is 0 Å². The second kappa shape index (κ2) is 3.91. The van der Waals surface area contributed by atoms with Crippen molar-refractivity contribution in [2.45, 2.75) is 38.6 Å². The SMILES string of the molecule is [B]C1C=C(OC(C)(C)C)C(Br)=CC1. The standard InChI is InChI=1S/C10H14BBrO/c1-10(2,3)13-9-6-7(11)4-5-8(9)12/h5-7H,4H2,1-3H3. The summed E-state index contributed by atoms with van der Waals surface area (Å²) in [6.45, 7) is 6.07. The Morgan fingerprint density at radius 3 is 2.69 bits per heavy atom. The Hall–Kier alpha value is -0.175. The molecular formula is C10H14BBrO. The van der Waals surface area contributed by atoms with Crippen LogP contribution in [-0.2, 0) is 4.74 Å². The first-order valence-corrected chi connectivity index (χ1v) is 5.20. The maximum absolute atomic E-state index is 5.78. The van der Waals surface area contributed by atoms with Crippen LogP contribution in [0.5, 0.6) is 0 Å². The average Bonchev–Trinajstić information content (AvgIpc) is 1.94. The molecule has 0 N–H and O–H groups in total. The summed E-state index contributed by atoms with van der Waals surface area (Å²) in [6.07, 6.45) is 4.87. The van der Waals surface area contributed by atoms with Gasteiger partial charge < -0.3 is 4.74 Å². The van der Waals surface area contributed by atoms with Crippen molar-refractivity contribution < 1.29 is 4.74 Å². The van der Waals surface area contributed by atoms with Crippen LogP contribution in [0.1, 0.15) is 27.2 Å². The molecule has 0 saturated carbocycles. The van der Waals surface area contributed by atoms with Gasteiger partial charge in [0.25, 0.3) is 0 Å². The number of ether oxygens (including phenoxy) is 1. The minimum absolute atomic E-state index is 0.0821. The van der Waals surface area contributed by atoms with Crippen molar-refractivity contribution in [2.24, 2.45) is 0 Å². The Morgan fingerprint density at radius 1 is 1.54 bits per heavy atom. The second-order valence-corrected chi connectivity index (χ2v) is 5.05. The molecule has 0 spiro atoms. The third-order valence-corrected chi connectivity index (χ3v) is 2.30. The molecule has 1 aliphatic carbocycles. The summed E-state index contributed by atoms with van der Waals surface area (Å²) in [4.78, 5) is 0. The molecule has 2 radical (unpaired) electrons. The third kappa shape index (κ3) is 3.59. The van der Waals surface area contributed by atoms with Crippen LogP contribution in [0.25, 0.3) is 0 Å². The van der Waals surface area contributed by atoms with Crippen molar-refractivity contribution in [3.05, 3.63) is 22.4 Å². The molecule has 1 rings (SSSR count). The average molecular weight is 241 g/mol. The zero-order valence-electron chi connectivity index (χ0n) is 8.30. The summed E-state index contributed by atoms with van der Waals surface area (Å²) < 4.78 is 6.73. The molecule has 13 heavy (non-hydrogen) atoms. The molecule has 70 valence electrons. The van der Waals surface area contributed by atoms with Crippen LogP contribution in [0.4, 0.5) is 0 Å². The van der Waals surface area contributed by atoms with E-state index in [1.165, 1.54) is 0 Å². The van der Waals surface area contributed by atoms with Gasteiger partial charge in [-0.05, 0) is 49.2 Å². The molecule has 1 nitrogen and oxygen atoms in total. The van der Waals surface area contributed by atoms with Gasteiger partial charge in [0.1, 0.15) is 11.4 Å². The lowest BCUT2D eigenvalue weighted by molar-refractivity contribution is 0.0582. The lowest BCUT2D eigenvalue weighted by Crippen LogP contribution is -2.19. The molecule has 1 aliphatic rings. The number of allylic oxidation sites excluding steroid dienone is 3. The van der Waals surface area contributed by atoms with Crippen molar-refractivity contribution in [1.29, 1.82) is 0 Å². The molecule has 0 aliphatic heterocycles.